The summed E-state index contributed by atoms with van der Waals surface area (Å²) in [4.78, 5) is 2.26. The molecule has 0 spiro atoms. The van der Waals surface area contributed by atoms with Gasteiger partial charge < -0.3 is 15.0 Å². The Morgan fingerprint density at radius 1 is 1.41 bits per heavy atom. The summed E-state index contributed by atoms with van der Waals surface area (Å²) in [6.45, 7) is 4.03. The molecule has 0 aromatic heterocycles. The molecule has 0 amide bonds. The summed E-state index contributed by atoms with van der Waals surface area (Å²) < 4.78 is 5.02. The summed E-state index contributed by atoms with van der Waals surface area (Å²) >= 11 is 5.43. The fourth-order valence-electron chi connectivity index (χ4n) is 2.56. The maximum atomic E-state index is 5.43. The summed E-state index contributed by atoms with van der Waals surface area (Å²) in [5, 5.41) is 4.20. The molecule has 3 nitrogen and oxygen atoms in total. The maximum absolute atomic E-state index is 5.43. The largest absolute Gasteiger partial charge is 0.385 e. The zero-order valence-electron chi connectivity index (χ0n) is 11.4. The normalized spacial score (nSPS) is 24.4. The second kappa shape index (κ2) is 7.88. The van der Waals surface area contributed by atoms with E-state index in [0.717, 1.165) is 30.6 Å². The van der Waals surface area contributed by atoms with Crippen LogP contribution in [-0.2, 0) is 4.74 Å². The van der Waals surface area contributed by atoms with Crippen molar-refractivity contribution in [1.29, 1.82) is 0 Å². The molecule has 4 heteroatoms. The van der Waals surface area contributed by atoms with Crippen molar-refractivity contribution in [2.75, 3.05) is 27.3 Å². The minimum Gasteiger partial charge on any atom is -0.385 e. The lowest BCUT2D eigenvalue weighted by atomic mass is 9.85. The average molecular weight is 258 g/mol. The summed E-state index contributed by atoms with van der Waals surface area (Å²) in [5.74, 6) is 0.757. The van der Waals surface area contributed by atoms with Gasteiger partial charge in [0, 0.05) is 33.4 Å². The molecule has 1 aliphatic rings. The molecule has 0 radical (unpaired) electrons. The van der Waals surface area contributed by atoms with Gasteiger partial charge in [0.25, 0.3) is 0 Å². The molecule has 0 aromatic carbocycles. The first-order valence-corrected chi connectivity index (χ1v) is 7.07. The van der Waals surface area contributed by atoms with Crippen LogP contribution in [-0.4, -0.2) is 43.4 Å². The monoisotopic (exact) mass is 258 g/mol. The summed E-state index contributed by atoms with van der Waals surface area (Å²) in [6.07, 6.45) is 6.33. The zero-order valence-corrected chi connectivity index (χ0v) is 12.2. The van der Waals surface area contributed by atoms with Gasteiger partial charge in [-0.25, -0.2) is 0 Å². The lowest BCUT2D eigenvalue weighted by Crippen LogP contribution is -2.47. The number of hydrogen-bond donors (Lipinski definition) is 1. The highest BCUT2D eigenvalue weighted by molar-refractivity contribution is 7.80. The first-order chi connectivity index (χ1) is 8.16. The van der Waals surface area contributed by atoms with Gasteiger partial charge >= 0.3 is 0 Å². The zero-order chi connectivity index (χ0) is 12.7. The molecule has 1 N–H and O–H groups in total. The summed E-state index contributed by atoms with van der Waals surface area (Å²) in [6, 6.07) is 0.617. The van der Waals surface area contributed by atoms with E-state index in [1.165, 1.54) is 25.7 Å². The van der Waals surface area contributed by atoms with Crippen LogP contribution in [0.2, 0.25) is 0 Å². The summed E-state index contributed by atoms with van der Waals surface area (Å²) in [7, 11) is 3.85. The van der Waals surface area contributed by atoms with Gasteiger partial charge in [0.1, 0.15) is 0 Å². The van der Waals surface area contributed by atoms with Crippen LogP contribution < -0.4 is 5.32 Å². The van der Waals surface area contributed by atoms with Gasteiger partial charge in [0.15, 0.2) is 5.11 Å². The van der Waals surface area contributed by atoms with E-state index in [4.69, 9.17) is 17.0 Å². The molecule has 0 saturated heterocycles. The Kier molecular flexibility index (Phi) is 6.82. The van der Waals surface area contributed by atoms with Gasteiger partial charge in [-0.3, -0.25) is 0 Å². The number of nitrogens with one attached hydrogen (secondary N) is 1. The van der Waals surface area contributed by atoms with E-state index < -0.39 is 0 Å². The van der Waals surface area contributed by atoms with Crippen LogP contribution in [0.25, 0.3) is 0 Å². The molecule has 0 aliphatic heterocycles. The van der Waals surface area contributed by atoms with Crippen molar-refractivity contribution < 1.29 is 4.74 Å². The SMILES string of the molecule is COCCCNC(=S)N(C)C1CCCCC1C. The first-order valence-electron chi connectivity index (χ1n) is 6.66. The third-order valence-corrected chi connectivity index (χ3v) is 4.12. The smallest absolute Gasteiger partial charge is 0.168 e. The molecule has 17 heavy (non-hydrogen) atoms. The van der Waals surface area contributed by atoms with E-state index in [1.807, 2.05) is 0 Å². The minimum atomic E-state index is 0.617. The average Bonchev–Trinajstić information content (AvgIpc) is 2.34. The van der Waals surface area contributed by atoms with E-state index in [2.05, 4.69) is 24.2 Å². The molecule has 100 valence electrons. The topological polar surface area (TPSA) is 24.5 Å². The second-order valence-electron chi connectivity index (χ2n) is 5.02. The van der Waals surface area contributed by atoms with Gasteiger partial charge in [-0.05, 0) is 37.4 Å². The maximum Gasteiger partial charge on any atom is 0.168 e. The van der Waals surface area contributed by atoms with Gasteiger partial charge in [-0.2, -0.15) is 0 Å². The number of methoxy groups -OCH3 is 1. The van der Waals surface area contributed by atoms with Crippen molar-refractivity contribution >= 4 is 17.3 Å². The number of thiocarbonyl (C=S) groups is 1. The van der Waals surface area contributed by atoms with Gasteiger partial charge in [0.2, 0.25) is 0 Å². The quantitative estimate of drug-likeness (QED) is 0.604. The van der Waals surface area contributed by atoms with Gasteiger partial charge in [-0.15, -0.1) is 0 Å². The van der Waals surface area contributed by atoms with Crippen molar-refractivity contribution in [2.24, 2.45) is 5.92 Å². The molecule has 0 aromatic rings. The van der Waals surface area contributed by atoms with Crippen molar-refractivity contribution in [3.63, 3.8) is 0 Å². The Bertz CT molecular complexity index is 235. The molecular formula is C13H26N2OS. The predicted octanol–water partition coefficient (Wildman–Crippen LogP) is 2.41. The number of hydrogen-bond acceptors (Lipinski definition) is 2. The van der Waals surface area contributed by atoms with Crippen molar-refractivity contribution in [1.82, 2.24) is 10.2 Å². The van der Waals surface area contributed by atoms with Crippen LogP contribution in [0.4, 0.5) is 0 Å². The highest BCUT2D eigenvalue weighted by Gasteiger charge is 2.25. The predicted molar refractivity (Wildman–Crippen MR) is 76.3 cm³/mol. The lowest BCUT2D eigenvalue weighted by molar-refractivity contribution is 0.192. The van der Waals surface area contributed by atoms with Crippen LogP contribution in [0, 0.1) is 5.92 Å². The Morgan fingerprint density at radius 3 is 2.76 bits per heavy atom. The van der Waals surface area contributed by atoms with Crippen LogP contribution >= 0.6 is 12.2 Å². The lowest BCUT2D eigenvalue weighted by Gasteiger charge is -2.37. The Morgan fingerprint density at radius 2 is 2.12 bits per heavy atom. The van der Waals surface area contributed by atoms with E-state index in [9.17, 15) is 0 Å². The summed E-state index contributed by atoms with van der Waals surface area (Å²) in [5.41, 5.74) is 0. The van der Waals surface area contributed by atoms with Crippen LogP contribution in [0.5, 0.6) is 0 Å². The molecule has 1 saturated carbocycles. The van der Waals surface area contributed by atoms with E-state index in [1.54, 1.807) is 7.11 Å². The Labute approximate surface area is 111 Å². The molecule has 1 aliphatic carbocycles. The molecule has 1 rings (SSSR count). The highest BCUT2D eigenvalue weighted by Crippen LogP contribution is 2.27. The third-order valence-electron chi connectivity index (χ3n) is 3.69. The minimum absolute atomic E-state index is 0.617. The molecule has 2 atom stereocenters. The van der Waals surface area contributed by atoms with Crippen molar-refractivity contribution in [3.05, 3.63) is 0 Å². The number of ether oxygens (including phenoxy) is 1. The molecule has 1 fully saturated rings. The van der Waals surface area contributed by atoms with E-state index in [-0.39, 0.29) is 0 Å². The van der Waals surface area contributed by atoms with E-state index >= 15 is 0 Å². The fraction of sp³-hybridized carbons (Fsp3) is 0.923. The standard InChI is InChI=1S/C13H26N2OS/c1-11-7-4-5-8-12(11)15(2)13(17)14-9-6-10-16-3/h11-12H,4-10H2,1-3H3,(H,14,17). The van der Waals surface area contributed by atoms with E-state index in [0.29, 0.717) is 6.04 Å². The fourth-order valence-corrected chi connectivity index (χ4v) is 2.80. The number of nitrogens with zero attached hydrogens (tertiary/aromatic N) is 1. The Balaban J connectivity index is 2.29. The van der Waals surface area contributed by atoms with Crippen LogP contribution in [0.15, 0.2) is 0 Å². The molecule has 0 heterocycles. The highest BCUT2D eigenvalue weighted by atomic mass is 32.1. The Hall–Kier alpha value is -0.350. The third kappa shape index (κ3) is 4.80. The van der Waals surface area contributed by atoms with Crippen LogP contribution in [0.3, 0.4) is 0 Å². The molecule has 2 unspecified atom stereocenters. The van der Waals surface area contributed by atoms with Crippen molar-refractivity contribution in [3.8, 4) is 0 Å². The molecular weight excluding hydrogens is 232 g/mol. The van der Waals surface area contributed by atoms with Gasteiger partial charge in [-0.1, -0.05) is 19.8 Å². The molecule has 0 bridgehead atoms. The van der Waals surface area contributed by atoms with Gasteiger partial charge in [0.05, 0.1) is 0 Å². The number of rotatable bonds is 5. The second-order valence-corrected chi connectivity index (χ2v) is 5.40. The van der Waals surface area contributed by atoms with Crippen molar-refractivity contribution in [2.45, 2.75) is 45.1 Å². The first kappa shape index (κ1) is 14.7. The van der Waals surface area contributed by atoms with Crippen LogP contribution in [0.1, 0.15) is 39.0 Å².